The number of ether oxygens (including phenoxy) is 1. The molecule has 0 radical (unpaired) electrons. The summed E-state index contributed by atoms with van der Waals surface area (Å²) < 4.78 is 27.1. The highest BCUT2D eigenvalue weighted by Gasteiger charge is 2.15. The fraction of sp³-hybridized carbons (Fsp3) is 0.462. The van der Waals surface area contributed by atoms with E-state index in [9.17, 15) is 13.2 Å². The van der Waals surface area contributed by atoms with Gasteiger partial charge >= 0.3 is 0 Å². The normalized spacial score (nSPS) is 12.7. The number of sulfone groups is 1. The molecular weight excluding hydrogens is 312 g/mol. The molecule has 0 aromatic heterocycles. The standard InChI is InChI=1S/C13H20N2O4S2/c1-9(20-6-7-21(3,17)18)13(16)15-12-5-4-10(19-2)8-11(12)14/h4-5,8-9H,6-7,14H2,1-3H3,(H,15,16). The fourth-order valence-corrected chi connectivity index (χ4v) is 3.63. The maximum atomic E-state index is 12.0. The maximum Gasteiger partial charge on any atom is 0.237 e. The molecule has 1 amide bonds. The van der Waals surface area contributed by atoms with Gasteiger partial charge < -0.3 is 15.8 Å². The third-order valence-corrected chi connectivity index (χ3v) is 5.07. The summed E-state index contributed by atoms with van der Waals surface area (Å²) in [6.45, 7) is 1.72. The SMILES string of the molecule is COc1ccc(NC(=O)C(C)SCCS(C)(=O)=O)c(N)c1. The topological polar surface area (TPSA) is 98.5 Å². The number of hydrogen-bond donors (Lipinski definition) is 2. The molecule has 1 rings (SSSR count). The minimum atomic E-state index is -3.01. The number of rotatable bonds is 7. The second-order valence-electron chi connectivity index (χ2n) is 4.59. The van der Waals surface area contributed by atoms with Gasteiger partial charge in [-0.3, -0.25) is 4.79 Å². The summed E-state index contributed by atoms with van der Waals surface area (Å²) in [5.74, 6) is 0.831. The van der Waals surface area contributed by atoms with Crippen molar-refractivity contribution in [3.05, 3.63) is 18.2 Å². The number of anilines is 2. The summed E-state index contributed by atoms with van der Waals surface area (Å²) in [5, 5.41) is 2.35. The summed E-state index contributed by atoms with van der Waals surface area (Å²) in [5.41, 5.74) is 6.75. The van der Waals surface area contributed by atoms with Gasteiger partial charge in [0.25, 0.3) is 0 Å². The first-order valence-corrected chi connectivity index (χ1v) is 9.37. The van der Waals surface area contributed by atoms with Crippen LogP contribution in [-0.4, -0.2) is 44.4 Å². The van der Waals surface area contributed by atoms with Gasteiger partial charge in [-0.15, -0.1) is 11.8 Å². The van der Waals surface area contributed by atoms with Gasteiger partial charge in [-0.2, -0.15) is 0 Å². The van der Waals surface area contributed by atoms with Crippen LogP contribution in [-0.2, 0) is 14.6 Å². The van der Waals surface area contributed by atoms with Gasteiger partial charge in [0, 0.05) is 18.1 Å². The van der Waals surface area contributed by atoms with E-state index < -0.39 is 9.84 Å². The molecule has 0 saturated carbocycles. The van der Waals surface area contributed by atoms with Crippen LogP contribution >= 0.6 is 11.8 Å². The molecule has 1 atom stereocenters. The first kappa shape index (κ1) is 17.6. The van der Waals surface area contributed by atoms with E-state index in [1.165, 1.54) is 25.1 Å². The molecule has 1 aromatic carbocycles. The Labute approximate surface area is 129 Å². The van der Waals surface area contributed by atoms with Crippen molar-refractivity contribution in [2.75, 3.05) is 35.9 Å². The number of benzene rings is 1. The van der Waals surface area contributed by atoms with Crippen LogP contribution in [0.5, 0.6) is 5.75 Å². The van der Waals surface area contributed by atoms with Crippen molar-refractivity contribution in [1.82, 2.24) is 0 Å². The molecule has 0 heterocycles. The van der Waals surface area contributed by atoms with Crippen molar-refractivity contribution in [2.24, 2.45) is 0 Å². The molecule has 0 aliphatic heterocycles. The highest BCUT2D eigenvalue weighted by Crippen LogP contribution is 2.25. The number of carbonyl (C=O) groups excluding carboxylic acids is 1. The Bertz CT molecular complexity index is 602. The molecule has 0 spiro atoms. The van der Waals surface area contributed by atoms with Crippen LogP contribution in [0.2, 0.25) is 0 Å². The predicted octanol–water partition coefficient (Wildman–Crippen LogP) is 1.38. The van der Waals surface area contributed by atoms with Crippen molar-refractivity contribution >= 4 is 38.9 Å². The third-order valence-electron chi connectivity index (χ3n) is 2.71. The Morgan fingerprint density at radius 1 is 1.48 bits per heavy atom. The summed E-state index contributed by atoms with van der Waals surface area (Å²) >= 11 is 1.29. The van der Waals surface area contributed by atoms with Gasteiger partial charge in [-0.25, -0.2) is 8.42 Å². The minimum Gasteiger partial charge on any atom is -0.497 e. The molecule has 8 heteroatoms. The summed E-state index contributed by atoms with van der Waals surface area (Å²) in [6, 6.07) is 4.99. The smallest absolute Gasteiger partial charge is 0.237 e. The largest absolute Gasteiger partial charge is 0.497 e. The average molecular weight is 332 g/mol. The Balaban J connectivity index is 2.56. The average Bonchev–Trinajstić information content (AvgIpc) is 2.39. The van der Waals surface area contributed by atoms with Crippen LogP contribution in [0.15, 0.2) is 18.2 Å². The number of carbonyl (C=O) groups is 1. The maximum absolute atomic E-state index is 12.0. The van der Waals surface area contributed by atoms with Gasteiger partial charge in [0.2, 0.25) is 5.91 Å². The van der Waals surface area contributed by atoms with E-state index in [4.69, 9.17) is 10.5 Å². The van der Waals surface area contributed by atoms with E-state index in [0.717, 1.165) is 0 Å². The van der Waals surface area contributed by atoms with E-state index in [1.54, 1.807) is 25.1 Å². The first-order valence-electron chi connectivity index (χ1n) is 6.26. The molecule has 6 nitrogen and oxygen atoms in total. The Morgan fingerprint density at radius 3 is 2.67 bits per heavy atom. The molecule has 3 N–H and O–H groups in total. The molecule has 1 unspecified atom stereocenters. The van der Waals surface area contributed by atoms with E-state index in [-0.39, 0.29) is 16.9 Å². The monoisotopic (exact) mass is 332 g/mol. The minimum absolute atomic E-state index is 0.0555. The zero-order valence-electron chi connectivity index (χ0n) is 12.3. The van der Waals surface area contributed by atoms with E-state index >= 15 is 0 Å². The Kier molecular flexibility index (Phi) is 6.35. The number of nitrogens with one attached hydrogen (secondary N) is 1. The van der Waals surface area contributed by atoms with Gasteiger partial charge in [0.1, 0.15) is 15.6 Å². The highest BCUT2D eigenvalue weighted by molar-refractivity contribution is 8.01. The van der Waals surface area contributed by atoms with E-state index in [1.807, 2.05) is 0 Å². The predicted molar refractivity (Wildman–Crippen MR) is 87.7 cm³/mol. The van der Waals surface area contributed by atoms with Gasteiger partial charge in [0.15, 0.2) is 0 Å². The van der Waals surface area contributed by atoms with Crippen LogP contribution in [0, 0.1) is 0 Å². The van der Waals surface area contributed by atoms with E-state index in [0.29, 0.717) is 22.9 Å². The highest BCUT2D eigenvalue weighted by atomic mass is 32.2. The molecule has 0 aliphatic rings. The van der Waals surface area contributed by atoms with Crippen LogP contribution < -0.4 is 15.8 Å². The van der Waals surface area contributed by atoms with Crippen molar-refractivity contribution in [1.29, 1.82) is 0 Å². The van der Waals surface area contributed by atoms with E-state index in [2.05, 4.69) is 5.32 Å². The Morgan fingerprint density at radius 2 is 2.14 bits per heavy atom. The van der Waals surface area contributed by atoms with Crippen molar-refractivity contribution in [3.63, 3.8) is 0 Å². The lowest BCUT2D eigenvalue weighted by atomic mass is 10.2. The van der Waals surface area contributed by atoms with Gasteiger partial charge in [0.05, 0.1) is 29.5 Å². The number of nitrogen functional groups attached to an aromatic ring is 1. The Hall–Kier alpha value is -1.41. The lowest BCUT2D eigenvalue weighted by Gasteiger charge is -2.13. The summed E-state index contributed by atoms with van der Waals surface area (Å²) in [6.07, 6.45) is 1.18. The number of hydrogen-bond acceptors (Lipinski definition) is 6. The zero-order chi connectivity index (χ0) is 16.0. The molecule has 0 fully saturated rings. The molecule has 0 aliphatic carbocycles. The third kappa shape index (κ3) is 6.26. The molecular formula is C13H20N2O4S2. The van der Waals surface area contributed by atoms with Gasteiger partial charge in [-0.1, -0.05) is 0 Å². The van der Waals surface area contributed by atoms with Crippen LogP contribution in [0.1, 0.15) is 6.92 Å². The number of amides is 1. The molecule has 21 heavy (non-hydrogen) atoms. The van der Waals surface area contributed by atoms with Crippen molar-refractivity contribution < 1.29 is 17.9 Å². The van der Waals surface area contributed by atoms with Crippen LogP contribution in [0.25, 0.3) is 0 Å². The second-order valence-corrected chi connectivity index (χ2v) is 8.29. The molecule has 0 bridgehead atoms. The number of nitrogens with two attached hydrogens (primary N) is 1. The van der Waals surface area contributed by atoms with Gasteiger partial charge in [-0.05, 0) is 19.1 Å². The second kappa shape index (κ2) is 7.56. The summed E-state index contributed by atoms with van der Waals surface area (Å²) in [7, 11) is -1.47. The molecule has 1 aromatic rings. The number of thioether (sulfide) groups is 1. The quantitative estimate of drug-likeness (QED) is 0.732. The first-order chi connectivity index (χ1) is 9.73. The zero-order valence-corrected chi connectivity index (χ0v) is 13.9. The van der Waals surface area contributed by atoms with Crippen molar-refractivity contribution in [2.45, 2.75) is 12.2 Å². The fourth-order valence-electron chi connectivity index (χ4n) is 1.47. The lowest BCUT2D eigenvalue weighted by Crippen LogP contribution is -2.24. The van der Waals surface area contributed by atoms with Crippen LogP contribution in [0.3, 0.4) is 0 Å². The molecule has 0 saturated heterocycles. The summed E-state index contributed by atoms with van der Waals surface area (Å²) in [4.78, 5) is 12.0. The lowest BCUT2D eigenvalue weighted by molar-refractivity contribution is -0.115. The van der Waals surface area contributed by atoms with Crippen molar-refractivity contribution in [3.8, 4) is 5.75 Å². The number of methoxy groups -OCH3 is 1. The van der Waals surface area contributed by atoms with Crippen LogP contribution in [0.4, 0.5) is 11.4 Å². The molecule has 118 valence electrons.